The number of amides is 3. The third kappa shape index (κ3) is 6.40. The van der Waals surface area contributed by atoms with Crippen molar-refractivity contribution in [3.63, 3.8) is 0 Å². The first-order chi connectivity index (χ1) is 9.02. The highest BCUT2D eigenvalue weighted by Crippen LogP contribution is 2.15. The molecule has 1 atom stereocenters. The quantitative estimate of drug-likeness (QED) is 0.639. The van der Waals surface area contributed by atoms with E-state index in [1.807, 2.05) is 19.1 Å². The van der Waals surface area contributed by atoms with E-state index in [0.29, 0.717) is 18.7 Å². The number of primary amides is 1. The first-order valence-electron chi connectivity index (χ1n) is 6.13. The van der Waals surface area contributed by atoms with Crippen LogP contribution in [0, 0.1) is 0 Å². The van der Waals surface area contributed by atoms with E-state index >= 15 is 0 Å². The molecule has 1 unspecified atom stereocenters. The normalized spacial score (nSPS) is 11.1. The van der Waals surface area contributed by atoms with Crippen molar-refractivity contribution in [1.29, 1.82) is 0 Å². The summed E-state index contributed by atoms with van der Waals surface area (Å²) in [5, 5.41) is 8.31. The highest BCUT2D eigenvalue weighted by atomic mass is 35.5. The van der Waals surface area contributed by atoms with Crippen LogP contribution in [-0.4, -0.2) is 25.5 Å². The number of rotatable bonds is 6. The number of nitrogens with one attached hydrogen (secondary N) is 3. The van der Waals surface area contributed by atoms with Crippen molar-refractivity contribution in [2.75, 3.05) is 18.9 Å². The molecule has 0 aliphatic heterocycles. The summed E-state index contributed by atoms with van der Waals surface area (Å²) in [6.45, 7) is 2.56. The smallest absolute Gasteiger partial charge is 0.316 e. The molecule has 0 saturated carbocycles. The molecule has 0 aliphatic rings. The van der Waals surface area contributed by atoms with Gasteiger partial charge >= 0.3 is 6.03 Å². The largest absolute Gasteiger partial charge is 0.351 e. The fourth-order valence-corrected chi connectivity index (χ4v) is 1.63. The van der Waals surface area contributed by atoms with Crippen molar-refractivity contribution in [2.45, 2.75) is 19.4 Å². The average molecular weight is 301 g/mol. The van der Waals surface area contributed by atoms with E-state index in [4.69, 9.17) is 5.73 Å². The number of hydrogen-bond acceptors (Lipinski definition) is 3. The Morgan fingerprint density at radius 2 is 1.85 bits per heavy atom. The maximum atomic E-state index is 11.6. The summed E-state index contributed by atoms with van der Waals surface area (Å²) in [7, 11) is 1.81. The number of halogens is 1. The second kappa shape index (κ2) is 9.17. The van der Waals surface area contributed by atoms with Crippen molar-refractivity contribution >= 4 is 30.0 Å². The van der Waals surface area contributed by atoms with Gasteiger partial charge in [0.2, 0.25) is 5.91 Å². The number of benzene rings is 1. The van der Waals surface area contributed by atoms with Crippen LogP contribution in [0.15, 0.2) is 24.3 Å². The van der Waals surface area contributed by atoms with Crippen LogP contribution in [0.2, 0.25) is 0 Å². The lowest BCUT2D eigenvalue weighted by molar-refractivity contribution is -0.121. The average Bonchev–Trinajstić information content (AvgIpc) is 2.36. The molecule has 0 fully saturated rings. The van der Waals surface area contributed by atoms with Crippen molar-refractivity contribution in [2.24, 2.45) is 5.73 Å². The monoisotopic (exact) mass is 300 g/mol. The fourth-order valence-electron chi connectivity index (χ4n) is 1.63. The van der Waals surface area contributed by atoms with Crippen LogP contribution in [0.25, 0.3) is 0 Å². The summed E-state index contributed by atoms with van der Waals surface area (Å²) in [5.41, 5.74) is 6.62. The molecule has 0 saturated heterocycles. The second-order valence-corrected chi connectivity index (χ2v) is 4.25. The molecule has 1 rings (SSSR count). The predicted molar refractivity (Wildman–Crippen MR) is 82.0 cm³/mol. The van der Waals surface area contributed by atoms with Crippen molar-refractivity contribution in [3.8, 4) is 0 Å². The van der Waals surface area contributed by atoms with Gasteiger partial charge in [0.05, 0.1) is 6.04 Å². The Labute approximate surface area is 124 Å². The molecule has 1 aromatic rings. The SMILES string of the molecule is CNCCC(=O)NC(C)c1ccc(NC(N)=O)cc1.Cl. The molecule has 7 heteroatoms. The van der Waals surface area contributed by atoms with Gasteiger partial charge in [0.1, 0.15) is 0 Å². The molecule has 0 aromatic heterocycles. The van der Waals surface area contributed by atoms with Crippen LogP contribution >= 0.6 is 12.4 Å². The Bertz CT molecular complexity index is 437. The lowest BCUT2D eigenvalue weighted by Crippen LogP contribution is -2.29. The van der Waals surface area contributed by atoms with Gasteiger partial charge in [0.15, 0.2) is 0 Å². The van der Waals surface area contributed by atoms with E-state index in [1.54, 1.807) is 19.2 Å². The molecular weight excluding hydrogens is 280 g/mol. The van der Waals surface area contributed by atoms with Crippen LogP contribution in [-0.2, 0) is 4.79 Å². The van der Waals surface area contributed by atoms with Gasteiger partial charge in [0.25, 0.3) is 0 Å². The molecule has 6 nitrogen and oxygen atoms in total. The minimum Gasteiger partial charge on any atom is -0.351 e. The van der Waals surface area contributed by atoms with E-state index in [-0.39, 0.29) is 24.4 Å². The Morgan fingerprint density at radius 1 is 1.25 bits per heavy atom. The molecule has 5 N–H and O–H groups in total. The fraction of sp³-hybridized carbons (Fsp3) is 0.385. The molecule has 0 spiro atoms. The first kappa shape index (κ1) is 18.2. The Kier molecular flexibility index (Phi) is 8.35. The van der Waals surface area contributed by atoms with Gasteiger partial charge in [-0.1, -0.05) is 12.1 Å². The molecule has 112 valence electrons. The summed E-state index contributed by atoms with van der Waals surface area (Å²) in [6, 6.07) is 6.50. The van der Waals surface area contributed by atoms with E-state index in [0.717, 1.165) is 5.56 Å². The molecule has 0 radical (unpaired) electrons. The zero-order valence-electron chi connectivity index (χ0n) is 11.6. The van der Waals surface area contributed by atoms with Gasteiger partial charge in [-0.3, -0.25) is 4.79 Å². The molecule has 1 aromatic carbocycles. The lowest BCUT2D eigenvalue weighted by atomic mass is 10.1. The molecule has 3 amide bonds. The Balaban J connectivity index is 0.00000361. The van der Waals surface area contributed by atoms with Gasteiger partial charge in [-0.05, 0) is 31.7 Å². The standard InChI is InChI=1S/C13H20N4O2.ClH/c1-9(16-12(18)7-8-15-2)10-3-5-11(6-4-10)17-13(14)19;/h3-6,9,15H,7-8H2,1-2H3,(H,16,18)(H3,14,17,19);1H. The highest BCUT2D eigenvalue weighted by molar-refractivity contribution is 5.87. The number of hydrogen-bond donors (Lipinski definition) is 4. The maximum absolute atomic E-state index is 11.6. The van der Waals surface area contributed by atoms with E-state index in [9.17, 15) is 9.59 Å². The van der Waals surface area contributed by atoms with Crippen LogP contribution in [0.1, 0.15) is 24.9 Å². The number of carbonyl (C=O) groups is 2. The zero-order valence-corrected chi connectivity index (χ0v) is 12.4. The van der Waals surface area contributed by atoms with E-state index < -0.39 is 6.03 Å². The molecule has 0 heterocycles. The van der Waals surface area contributed by atoms with Crippen molar-refractivity contribution < 1.29 is 9.59 Å². The summed E-state index contributed by atoms with van der Waals surface area (Å²) in [5.74, 6) is 0.00110. The van der Waals surface area contributed by atoms with Crippen LogP contribution in [0.5, 0.6) is 0 Å². The second-order valence-electron chi connectivity index (χ2n) is 4.25. The van der Waals surface area contributed by atoms with Crippen molar-refractivity contribution in [1.82, 2.24) is 10.6 Å². The first-order valence-corrected chi connectivity index (χ1v) is 6.13. The third-order valence-electron chi connectivity index (χ3n) is 2.66. The predicted octanol–water partition coefficient (Wildman–Crippen LogP) is 1.39. The Hall–Kier alpha value is -1.79. The molecule has 0 aliphatic carbocycles. The molecule has 20 heavy (non-hydrogen) atoms. The number of carbonyl (C=O) groups excluding carboxylic acids is 2. The summed E-state index contributed by atoms with van der Waals surface area (Å²) < 4.78 is 0. The van der Waals surface area contributed by atoms with E-state index in [1.165, 1.54) is 0 Å². The lowest BCUT2D eigenvalue weighted by Gasteiger charge is -2.15. The zero-order chi connectivity index (χ0) is 14.3. The molecule has 0 bridgehead atoms. The van der Waals surface area contributed by atoms with Gasteiger partial charge < -0.3 is 21.7 Å². The highest BCUT2D eigenvalue weighted by Gasteiger charge is 2.09. The van der Waals surface area contributed by atoms with Crippen LogP contribution < -0.4 is 21.7 Å². The summed E-state index contributed by atoms with van der Waals surface area (Å²) in [4.78, 5) is 22.3. The van der Waals surface area contributed by atoms with Crippen molar-refractivity contribution in [3.05, 3.63) is 29.8 Å². The number of urea groups is 1. The molecular formula is C13H21ClN4O2. The minimum atomic E-state index is -0.596. The topological polar surface area (TPSA) is 96.2 Å². The van der Waals surface area contributed by atoms with Gasteiger partial charge in [-0.15, -0.1) is 12.4 Å². The van der Waals surface area contributed by atoms with Gasteiger partial charge in [-0.2, -0.15) is 0 Å². The third-order valence-corrected chi connectivity index (χ3v) is 2.66. The van der Waals surface area contributed by atoms with Crippen LogP contribution in [0.3, 0.4) is 0 Å². The Morgan fingerprint density at radius 3 is 2.35 bits per heavy atom. The van der Waals surface area contributed by atoms with Crippen LogP contribution in [0.4, 0.5) is 10.5 Å². The summed E-state index contributed by atoms with van der Waals surface area (Å²) >= 11 is 0. The minimum absolute atomic E-state index is 0. The van der Waals surface area contributed by atoms with Gasteiger partial charge in [0, 0.05) is 18.7 Å². The van der Waals surface area contributed by atoms with E-state index in [2.05, 4.69) is 16.0 Å². The maximum Gasteiger partial charge on any atom is 0.316 e. The number of nitrogens with two attached hydrogens (primary N) is 1. The summed E-state index contributed by atoms with van der Waals surface area (Å²) in [6.07, 6.45) is 0.447. The van der Waals surface area contributed by atoms with Gasteiger partial charge in [-0.25, -0.2) is 4.79 Å². The number of anilines is 1.